The van der Waals surface area contributed by atoms with Crippen molar-refractivity contribution in [2.75, 3.05) is 13.6 Å². The van der Waals surface area contributed by atoms with Gasteiger partial charge in [-0.05, 0) is 25.3 Å². The highest BCUT2D eigenvalue weighted by Gasteiger charge is 2.24. The molecule has 0 spiro atoms. The van der Waals surface area contributed by atoms with E-state index in [9.17, 15) is 0 Å². The Bertz CT molecular complexity index is 119. The zero-order chi connectivity index (χ0) is 8.48. The van der Waals surface area contributed by atoms with E-state index >= 15 is 0 Å². The molecule has 1 aliphatic rings. The number of nitrogens with zero attached hydrogens (tertiary/aromatic N) is 1. The van der Waals surface area contributed by atoms with Gasteiger partial charge >= 0.3 is 0 Å². The largest absolute Gasteiger partial charge is 0.303 e. The fourth-order valence-electron chi connectivity index (χ4n) is 1.70. The molecule has 0 saturated heterocycles. The lowest BCUT2D eigenvalue weighted by Crippen LogP contribution is -2.41. The van der Waals surface area contributed by atoms with Crippen molar-refractivity contribution < 1.29 is 0 Å². The van der Waals surface area contributed by atoms with E-state index in [1.807, 2.05) is 0 Å². The van der Waals surface area contributed by atoms with E-state index in [-0.39, 0.29) is 7.43 Å². The van der Waals surface area contributed by atoms with Gasteiger partial charge in [0, 0.05) is 12.6 Å². The van der Waals surface area contributed by atoms with Gasteiger partial charge in [0.15, 0.2) is 0 Å². The molecule has 1 fully saturated rings. The molecular weight excluding hydrogens is 146 g/mol. The van der Waals surface area contributed by atoms with E-state index in [0.29, 0.717) is 5.41 Å². The van der Waals surface area contributed by atoms with Gasteiger partial charge in [-0.15, -0.1) is 0 Å². The summed E-state index contributed by atoms with van der Waals surface area (Å²) in [5.41, 5.74) is 0.463. The maximum atomic E-state index is 2.52. The van der Waals surface area contributed by atoms with Crippen LogP contribution in [0.2, 0.25) is 0 Å². The molecule has 1 nitrogen and oxygen atoms in total. The van der Waals surface area contributed by atoms with Crippen molar-refractivity contribution in [2.45, 2.75) is 53.5 Å². The van der Waals surface area contributed by atoms with Gasteiger partial charge in [-0.2, -0.15) is 0 Å². The molecule has 0 aromatic carbocycles. The molecule has 74 valence electrons. The highest BCUT2D eigenvalue weighted by atomic mass is 15.1. The molecule has 12 heavy (non-hydrogen) atoms. The molecule has 0 amide bonds. The monoisotopic (exact) mass is 171 g/mol. The maximum absolute atomic E-state index is 2.52. The minimum atomic E-state index is 0. The third kappa shape index (κ3) is 3.57. The van der Waals surface area contributed by atoms with Crippen LogP contribution in [0.15, 0.2) is 0 Å². The normalized spacial score (nSPS) is 18.8. The lowest BCUT2D eigenvalue weighted by Gasteiger charge is -2.38. The smallest absolute Gasteiger partial charge is 0.00924 e. The van der Waals surface area contributed by atoms with Gasteiger partial charge in [0.1, 0.15) is 0 Å². The third-order valence-electron chi connectivity index (χ3n) is 2.42. The van der Waals surface area contributed by atoms with E-state index in [0.717, 1.165) is 6.04 Å². The Morgan fingerprint density at radius 1 is 1.25 bits per heavy atom. The Labute approximate surface area is 78.1 Å². The van der Waals surface area contributed by atoms with Gasteiger partial charge in [0.25, 0.3) is 0 Å². The van der Waals surface area contributed by atoms with Crippen LogP contribution in [0.4, 0.5) is 0 Å². The molecule has 0 aromatic rings. The molecule has 0 atom stereocenters. The fraction of sp³-hybridized carbons (Fsp3) is 1.00. The zero-order valence-corrected chi connectivity index (χ0v) is 8.35. The third-order valence-corrected chi connectivity index (χ3v) is 2.42. The van der Waals surface area contributed by atoms with Gasteiger partial charge in [-0.25, -0.2) is 0 Å². The Morgan fingerprint density at radius 2 is 1.75 bits per heavy atom. The van der Waals surface area contributed by atoms with Crippen LogP contribution < -0.4 is 0 Å². The minimum Gasteiger partial charge on any atom is -0.303 e. The summed E-state index contributed by atoms with van der Waals surface area (Å²) < 4.78 is 0. The van der Waals surface area contributed by atoms with Gasteiger partial charge in [0.05, 0.1) is 0 Å². The summed E-state index contributed by atoms with van der Waals surface area (Å²) in [6.07, 6.45) is 4.29. The molecule has 0 aliphatic heterocycles. The SMILES string of the molecule is C.CN(CC(C)(C)C)C1CCC1. The zero-order valence-electron chi connectivity index (χ0n) is 8.35. The van der Waals surface area contributed by atoms with Crippen molar-refractivity contribution in [3.63, 3.8) is 0 Å². The summed E-state index contributed by atoms with van der Waals surface area (Å²) in [5, 5.41) is 0. The highest BCUT2D eigenvalue weighted by molar-refractivity contribution is 4.80. The molecule has 0 bridgehead atoms. The first kappa shape index (κ1) is 12.0. The standard InChI is InChI=1S/C10H21N.CH4/c1-10(2,3)8-11(4)9-6-5-7-9;/h9H,5-8H2,1-4H3;1H4. The molecule has 0 unspecified atom stereocenters. The molecule has 1 saturated carbocycles. The van der Waals surface area contributed by atoms with E-state index in [2.05, 4.69) is 32.7 Å². The van der Waals surface area contributed by atoms with Gasteiger partial charge in [0.2, 0.25) is 0 Å². The summed E-state index contributed by atoms with van der Waals surface area (Å²) in [7, 11) is 2.26. The number of hydrogen-bond acceptors (Lipinski definition) is 1. The van der Waals surface area contributed by atoms with Crippen molar-refractivity contribution in [3.05, 3.63) is 0 Å². The van der Waals surface area contributed by atoms with Gasteiger partial charge < -0.3 is 4.90 Å². The molecule has 1 rings (SSSR count). The molecular formula is C11H25N. The van der Waals surface area contributed by atoms with E-state index < -0.39 is 0 Å². The maximum Gasteiger partial charge on any atom is 0.00924 e. The Kier molecular flexibility index (Phi) is 4.25. The van der Waals surface area contributed by atoms with Crippen molar-refractivity contribution >= 4 is 0 Å². The molecule has 0 heterocycles. The van der Waals surface area contributed by atoms with Crippen LogP contribution in [-0.2, 0) is 0 Å². The van der Waals surface area contributed by atoms with Gasteiger partial charge in [-0.1, -0.05) is 34.6 Å². The molecule has 0 radical (unpaired) electrons. The molecule has 1 aliphatic carbocycles. The topological polar surface area (TPSA) is 3.24 Å². The van der Waals surface area contributed by atoms with E-state index in [1.54, 1.807) is 0 Å². The van der Waals surface area contributed by atoms with Crippen LogP contribution >= 0.6 is 0 Å². The van der Waals surface area contributed by atoms with Crippen LogP contribution in [-0.4, -0.2) is 24.5 Å². The summed E-state index contributed by atoms with van der Waals surface area (Å²) in [6.45, 7) is 8.16. The van der Waals surface area contributed by atoms with Crippen LogP contribution in [0, 0.1) is 5.41 Å². The van der Waals surface area contributed by atoms with Crippen LogP contribution in [0.5, 0.6) is 0 Å². The quantitative estimate of drug-likeness (QED) is 0.617. The average molecular weight is 171 g/mol. The summed E-state index contributed by atoms with van der Waals surface area (Å²) in [5.74, 6) is 0. The Balaban J connectivity index is 0.00000121. The van der Waals surface area contributed by atoms with Crippen LogP contribution in [0.3, 0.4) is 0 Å². The summed E-state index contributed by atoms with van der Waals surface area (Å²) in [4.78, 5) is 2.52. The second-order valence-corrected chi connectivity index (χ2v) is 5.06. The summed E-state index contributed by atoms with van der Waals surface area (Å²) >= 11 is 0. The fourth-order valence-corrected chi connectivity index (χ4v) is 1.70. The first-order valence-corrected chi connectivity index (χ1v) is 4.69. The highest BCUT2D eigenvalue weighted by Crippen LogP contribution is 2.26. The second kappa shape index (κ2) is 4.27. The van der Waals surface area contributed by atoms with Crippen LogP contribution in [0.1, 0.15) is 47.5 Å². The predicted octanol–water partition coefficient (Wildman–Crippen LogP) is 3.15. The molecule has 0 aromatic heterocycles. The number of rotatable bonds is 2. The Hall–Kier alpha value is -0.0400. The molecule has 0 N–H and O–H groups in total. The van der Waals surface area contributed by atoms with Crippen molar-refractivity contribution in [2.24, 2.45) is 5.41 Å². The minimum absolute atomic E-state index is 0. The van der Waals surface area contributed by atoms with Crippen molar-refractivity contribution in [3.8, 4) is 0 Å². The van der Waals surface area contributed by atoms with Gasteiger partial charge in [-0.3, -0.25) is 0 Å². The second-order valence-electron chi connectivity index (χ2n) is 5.06. The van der Waals surface area contributed by atoms with Crippen molar-refractivity contribution in [1.29, 1.82) is 0 Å². The lowest BCUT2D eigenvalue weighted by atomic mass is 9.89. The van der Waals surface area contributed by atoms with E-state index in [4.69, 9.17) is 0 Å². The van der Waals surface area contributed by atoms with Crippen LogP contribution in [0.25, 0.3) is 0 Å². The predicted molar refractivity (Wildman–Crippen MR) is 56.5 cm³/mol. The average Bonchev–Trinajstić information content (AvgIpc) is 1.50. The Morgan fingerprint density at radius 3 is 2.00 bits per heavy atom. The lowest BCUT2D eigenvalue weighted by molar-refractivity contribution is 0.117. The summed E-state index contributed by atoms with van der Waals surface area (Å²) in [6, 6.07) is 0.897. The van der Waals surface area contributed by atoms with E-state index in [1.165, 1.54) is 25.8 Å². The van der Waals surface area contributed by atoms with Crippen molar-refractivity contribution in [1.82, 2.24) is 4.90 Å². The number of hydrogen-bond donors (Lipinski definition) is 0. The first-order chi connectivity index (χ1) is 4.99. The first-order valence-electron chi connectivity index (χ1n) is 4.69. The molecule has 1 heteroatoms.